The second kappa shape index (κ2) is 3.41. The van der Waals surface area contributed by atoms with Crippen molar-refractivity contribution in [2.75, 3.05) is 0 Å². The van der Waals surface area contributed by atoms with Gasteiger partial charge in [0.25, 0.3) is 0 Å². The number of carbonyl (C=O) groups is 1. The fraction of sp³-hybridized carbons (Fsp3) is 0.533. The molecular weight excluding hydrogens is 215 g/mol. The van der Waals surface area contributed by atoms with Crippen molar-refractivity contribution in [2.45, 2.75) is 34.6 Å². The van der Waals surface area contributed by atoms with Crippen LogP contribution in [0.4, 0.5) is 4.39 Å². The number of ketones is 1. The van der Waals surface area contributed by atoms with E-state index in [2.05, 4.69) is 27.7 Å². The Hall–Kier alpha value is -1.18. The van der Waals surface area contributed by atoms with Gasteiger partial charge in [0, 0.05) is 11.5 Å². The smallest absolute Gasteiger partial charge is 0.167 e. The number of hydrogen-bond acceptors (Lipinski definition) is 1. The molecule has 1 aromatic carbocycles. The number of halogens is 1. The maximum absolute atomic E-state index is 13.0. The van der Waals surface area contributed by atoms with Gasteiger partial charge in [0.15, 0.2) is 5.78 Å². The standard InChI is InChI=1S/C15H19FO/c1-9-8-10(16)6-7-11(9)12(17)13-14(2,3)15(13,4)5/h6-8,13H,1-5H3. The summed E-state index contributed by atoms with van der Waals surface area (Å²) in [5.74, 6) is -0.0926. The molecule has 92 valence electrons. The molecule has 0 N–H and O–H groups in total. The van der Waals surface area contributed by atoms with Gasteiger partial charge < -0.3 is 0 Å². The second-order valence-corrected chi connectivity index (χ2v) is 6.20. The summed E-state index contributed by atoms with van der Waals surface area (Å²) in [5.41, 5.74) is 1.46. The Balaban J connectivity index is 2.35. The highest BCUT2D eigenvalue weighted by Gasteiger charge is 2.67. The molecule has 1 fully saturated rings. The summed E-state index contributed by atoms with van der Waals surface area (Å²) in [7, 11) is 0. The van der Waals surface area contributed by atoms with E-state index in [1.165, 1.54) is 12.1 Å². The molecule has 1 saturated carbocycles. The largest absolute Gasteiger partial charge is 0.294 e. The van der Waals surface area contributed by atoms with Crippen LogP contribution in [0.3, 0.4) is 0 Å². The molecule has 0 aromatic heterocycles. The maximum Gasteiger partial charge on any atom is 0.167 e. The predicted molar refractivity (Wildman–Crippen MR) is 66.5 cm³/mol. The van der Waals surface area contributed by atoms with E-state index >= 15 is 0 Å². The number of Topliss-reactive ketones (excluding diaryl/α,β-unsaturated/α-hetero) is 1. The lowest BCUT2D eigenvalue weighted by molar-refractivity contribution is 0.0944. The summed E-state index contributed by atoms with van der Waals surface area (Å²) in [5, 5.41) is 0. The Morgan fingerprint density at radius 1 is 1.18 bits per heavy atom. The summed E-state index contributed by atoms with van der Waals surface area (Å²) in [4.78, 5) is 12.4. The van der Waals surface area contributed by atoms with E-state index in [1.807, 2.05) is 0 Å². The number of rotatable bonds is 2. The van der Waals surface area contributed by atoms with Gasteiger partial charge in [0.1, 0.15) is 5.82 Å². The van der Waals surface area contributed by atoms with Crippen LogP contribution in [-0.4, -0.2) is 5.78 Å². The van der Waals surface area contributed by atoms with Crippen molar-refractivity contribution in [2.24, 2.45) is 16.7 Å². The van der Waals surface area contributed by atoms with Gasteiger partial charge in [0.05, 0.1) is 0 Å². The van der Waals surface area contributed by atoms with Crippen molar-refractivity contribution < 1.29 is 9.18 Å². The first-order valence-electron chi connectivity index (χ1n) is 6.00. The highest BCUT2D eigenvalue weighted by molar-refractivity contribution is 6.02. The summed E-state index contributed by atoms with van der Waals surface area (Å²) in [6.07, 6.45) is 0. The minimum Gasteiger partial charge on any atom is -0.294 e. The van der Waals surface area contributed by atoms with Gasteiger partial charge in [0.2, 0.25) is 0 Å². The number of carbonyl (C=O) groups excluding carboxylic acids is 1. The zero-order valence-corrected chi connectivity index (χ0v) is 11.1. The SMILES string of the molecule is Cc1cc(F)ccc1C(=O)C1C(C)(C)C1(C)C. The van der Waals surface area contributed by atoms with Crippen molar-refractivity contribution in [1.29, 1.82) is 0 Å². The highest BCUT2D eigenvalue weighted by atomic mass is 19.1. The average Bonchev–Trinajstić information content (AvgIpc) is 2.56. The topological polar surface area (TPSA) is 17.1 Å². The van der Waals surface area contributed by atoms with Crippen LogP contribution in [0.1, 0.15) is 43.6 Å². The zero-order valence-electron chi connectivity index (χ0n) is 11.1. The summed E-state index contributed by atoms with van der Waals surface area (Å²) in [6.45, 7) is 10.3. The molecule has 0 aliphatic heterocycles. The molecular formula is C15H19FO. The van der Waals surface area contributed by atoms with Crippen LogP contribution >= 0.6 is 0 Å². The van der Waals surface area contributed by atoms with Gasteiger partial charge in [-0.1, -0.05) is 27.7 Å². The van der Waals surface area contributed by atoms with Gasteiger partial charge in [-0.3, -0.25) is 4.79 Å². The fourth-order valence-electron chi connectivity index (χ4n) is 2.91. The van der Waals surface area contributed by atoms with Gasteiger partial charge in [-0.15, -0.1) is 0 Å². The molecule has 1 aliphatic carbocycles. The van der Waals surface area contributed by atoms with Gasteiger partial charge in [-0.05, 0) is 41.5 Å². The Kier molecular flexibility index (Phi) is 2.46. The quantitative estimate of drug-likeness (QED) is 0.707. The summed E-state index contributed by atoms with van der Waals surface area (Å²) in [6, 6.07) is 4.40. The number of aryl methyl sites for hydroxylation is 1. The van der Waals surface area contributed by atoms with Crippen LogP contribution < -0.4 is 0 Å². The minimum absolute atomic E-state index is 0.0326. The molecule has 0 unspecified atom stereocenters. The summed E-state index contributed by atoms with van der Waals surface area (Å²) < 4.78 is 13.0. The van der Waals surface area contributed by atoms with Crippen molar-refractivity contribution in [1.82, 2.24) is 0 Å². The van der Waals surface area contributed by atoms with Crippen LogP contribution in [0.15, 0.2) is 18.2 Å². The van der Waals surface area contributed by atoms with Crippen LogP contribution in [0.2, 0.25) is 0 Å². The van der Waals surface area contributed by atoms with Crippen LogP contribution in [0.5, 0.6) is 0 Å². The lowest BCUT2D eigenvalue weighted by Crippen LogP contribution is -2.09. The first-order chi connectivity index (χ1) is 7.69. The lowest BCUT2D eigenvalue weighted by atomic mass is 9.97. The first kappa shape index (κ1) is 12.3. The van der Waals surface area contributed by atoms with Crippen LogP contribution in [0, 0.1) is 29.5 Å². The molecule has 0 heterocycles. The van der Waals surface area contributed by atoms with Crippen LogP contribution in [-0.2, 0) is 0 Å². The Morgan fingerprint density at radius 3 is 2.12 bits per heavy atom. The van der Waals surface area contributed by atoms with Gasteiger partial charge in [-0.2, -0.15) is 0 Å². The normalized spacial score (nSPS) is 21.3. The Bertz CT molecular complexity index is 472. The van der Waals surface area contributed by atoms with E-state index in [1.54, 1.807) is 13.0 Å². The average molecular weight is 234 g/mol. The molecule has 2 heteroatoms. The molecule has 17 heavy (non-hydrogen) atoms. The second-order valence-electron chi connectivity index (χ2n) is 6.20. The molecule has 0 atom stereocenters. The highest BCUT2D eigenvalue weighted by Crippen LogP contribution is 2.69. The van der Waals surface area contributed by atoms with Gasteiger partial charge >= 0.3 is 0 Å². The molecule has 0 radical (unpaired) electrons. The first-order valence-corrected chi connectivity index (χ1v) is 6.00. The Morgan fingerprint density at radius 2 is 1.71 bits per heavy atom. The van der Waals surface area contributed by atoms with Crippen molar-refractivity contribution in [3.8, 4) is 0 Å². The van der Waals surface area contributed by atoms with Crippen molar-refractivity contribution in [3.63, 3.8) is 0 Å². The molecule has 0 spiro atoms. The number of benzene rings is 1. The van der Waals surface area contributed by atoms with E-state index in [0.717, 1.165) is 5.56 Å². The third-order valence-corrected chi connectivity index (χ3v) is 4.74. The third kappa shape index (κ3) is 1.62. The summed E-state index contributed by atoms with van der Waals surface area (Å²) >= 11 is 0. The van der Waals surface area contributed by atoms with E-state index in [-0.39, 0.29) is 28.3 Å². The molecule has 2 rings (SSSR count). The molecule has 0 amide bonds. The Labute approximate surface area is 102 Å². The molecule has 1 aliphatic rings. The maximum atomic E-state index is 13.0. The predicted octanol–water partition coefficient (Wildman–Crippen LogP) is 4.00. The van der Waals surface area contributed by atoms with E-state index in [0.29, 0.717) is 5.56 Å². The van der Waals surface area contributed by atoms with Crippen molar-refractivity contribution >= 4 is 5.78 Å². The molecule has 0 saturated heterocycles. The molecule has 1 aromatic rings. The third-order valence-electron chi connectivity index (χ3n) is 4.74. The van der Waals surface area contributed by atoms with E-state index < -0.39 is 0 Å². The monoisotopic (exact) mass is 234 g/mol. The van der Waals surface area contributed by atoms with E-state index in [4.69, 9.17) is 0 Å². The number of hydrogen-bond donors (Lipinski definition) is 0. The zero-order chi connectivity index (χ0) is 13.0. The van der Waals surface area contributed by atoms with Gasteiger partial charge in [-0.25, -0.2) is 4.39 Å². The van der Waals surface area contributed by atoms with Crippen molar-refractivity contribution in [3.05, 3.63) is 35.1 Å². The van der Waals surface area contributed by atoms with Crippen LogP contribution in [0.25, 0.3) is 0 Å². The molecule has 1 nitrogen and oxygen atoms in total. The van der Waals surface area contributed by atoms with E-state index in [9.17, 15) is 9.18 Å². The fourth-order valence-corrected chi connectivity index (χ4v) is 2.91. The lowest BCUT2D eigenvalue weighted by Gasteiger charge is -2.06. The minimum atomic E-state index is -0.284. The molecule has 0 bridgehead atoms.